The van der Waals surface area contributed by atoms with Crippen molar-refractivity contribution in [2.45, 2.75) is 25.3 Å². The maximum absolute atomic E-state index is 12.2. The summed E-state index contributed by atoms with van der Waals surface area (Å²) in [6, 6.07) is 16.7. The maximum Gasteiger partial charge on any atom is 0.257 e. The van der Waals surface area contributed by atoms with Gasteiger partial charge in [0.2, 0.25) is 0 Å². The van der Waals surface area contributed by atoms with Crippen molar-refractivity contribution in [3.63, 3.8) is 0 Å². The molecule has 2 aromatic rings. The predicted molar refractivity (Wildman–Crippen MR) is 110 cm³/mol. The lowest BCUT2D eigenvalue weighted by Gasteiger charge is -2.28. The molecule has 1 aliphatic heterocycles. The van der Waals surface area contributed by atoms with Crippen LogP contribution in [0.5, 0.6) is 0 Å². The van der Waals surface area contributed by atoms with Crippen molar-refractivity contribution in [3.05, 3.63) is 81.4 Å². The van der Waals surface area contributed by atoms with E-state index in [0.29, 0.717) is 25.2 Å². The van der Waals surface area contributed by atoms with Gasteiger partial charge in [0, 0.05) is 18.0 Å². The molecule has 1 atom stereocenters. The second-order valence-corrected chi connectivity index (χ2v) is 7.10. The topological polar surface area (TPSA) is 87.5 Å². The number of benzene rings is 2. The van der Waals surface area contributed by atoms with Crippen LogP contribution in [0.4, 0.5) is 0 Å². The summed E-state index contributed by atoms with van der Waals surface area (Å²) in [6.45, 7) is 1.33. The van der Waals surface area contributed by atoms with Gasteiger partial charge in [-0.3, -0.25) is 10.1 Å². The fraction of sp³-hybridized carbons (Fsp3) is 0.300. The molecule has 146 valence electrons. The van der Waals surface area contributed by atoms with Crippen LogP contribution in [0.2, 0.25) is 0 Å². The van der Waals surface area contributed by atoms with E-state index >= 15 is 0 Å². The number of hydrazine groups is 1. The molecule has 0 bridgehead atoms. The van der Waals surface area contributed by atoms with Crippen LogP contribution in [0.25, 0.3) is 0 Å². The Morgan fingerprint density at radius 3 is 2.64 bits per heavy atom. The highest BCUT2D eigenvalue weighted by molar-refractivity contribution is 7.80. The molecular weight excluding hydrogens is 376 g/mol. The second kappa shape index (κ2) is 9.27. The summed E-state index contributed by atoms with van der Waals surface area (Å²) in [5, 5.41) is 18.1. The van der Waals surface area contributed by atoms with E-state index in [-0.39, 0.29) is 22.0 Å². The van der Waals surface area contributed by atoms with Crippen molar-refractivity contribution in [3.8, 4) is 0 Å². The number of hydrogen-bond acceptors (Lipinski definition) is 4. The summed E-state index contributed by atoms with van der Waals surface area (Å²) < 4.78 is 0. The van der Waals surface area contributed by atoms with E-state index in [4.69, 9.17) is 12.2 Å². The van der Waals surface area contributed by atoms with E-state index in [2.05, 4.69) is 10.6 Å². The average molecular weight is 398 g/mol. The van der Waals surface area contributed by atoms with Gasteiger partial charge in [0.05, 0.1) is 13.1 Å². The van der Waals surface area contributed by atoms with Crippen molar-refractivity contribution < 1.29 is 9.83 Å². The van der Waals surface area contributed by atoms with E-state index in [1.165, 1.54) is 5.01 Å². The Bertz CT molecular complexity index is 860. The number of nitrogens with zero attached hydrogens (tertiary/aromatic N) is 2. The van der Waals surface area contributed by atoms with Gasteiger partial charge in [0.25, 0.3) is 5.91 Å². The Morgan fingerprint density at radius 2 is 1.89 bits per heavy atom. The van der Waals surface area contributed by atoms with Crippen molar-refractivity contribution in [1.29, 1.82) is 0 Å². The first-order valence-corrected chi connectivity index (χ1v) is 9.56. The van der Waals surface area contributed by atoms with E-state index in [0.717, 1.165) is 24.0 Å². The molecule has 3 rings (SSSR count). The summed E-state index contributed by atoms with van der Waals surface area (Å²) in [6.07, 6.45) is 1.70. The predicted octanol–water partition coefficient (Wildman–Crippen LogP) is 2.86. The monoisotopic (exact) mass is 398 g/mol. The normalized spacial score (nSPS) is 16.3. The van der Waals surface area contributed by atoms with E-state index in [1.54, 1.807) is 24.3 Å². The molecule has 28 heavy (non-hydrogen) atoms. The van der Waals surface area contributed by atoms with Gasteiger partial charge in [-0.05, 0) is 48.3 Å². The molecular formula is C20H22N4O3S. The summed E-state index contributed by atoms with van der Waals surface area (Å²) in [4.78, 5) is 23.3. The number of piperidine rings is 1. The number of carbonyl (C=O) groups excluding carboxylic acids is 1. The van der Waals surface area contributed by atoms with Crippen LogP contribution < -0.4 is 10.6 Å². The molecule has 1 saturated heterocycles. The molecule has 2 aromatic carbocycles. The lowest BCUT2D eigenvalue weighted by molar-refractivity contribution is -0.658. The minimum atomic E-state index is -0.318. The molecule has 1 amide bonds. The third-order valence-corrected chi connectivity index (χ3v) is 5.07. The third-order valence-electron chi connectivity index (χ3n) is 4.83. The molecule has 0 radical (unpaired) electrons. The summed E-state index contributed by atoms with van der Waals surface area (Å²) >= 11 is 5.24. The molecule has 1 aliphatic rings. The summed E-state index contributed by atoms with van der Waals surface area (Å²) in [5.41, 5.74) is 2.64. The number of carbonyl (C=O) groups is 1. The van der Waals surface area contributed by atoms with Gasteiger partial charge in [0.15, 0.2) is 10.1 Å². The Morgan fingerprint density at radius 1 is 1.18 bits per heavy atom. The van der Waals surface area contributed by atoms with Crippen LogP contribution in [0.3, 0.4) is 0 Å². The van der Waals surface area contributed by atoms with E-state index in [1.807, 2.05) is 30.3 Å². The molecule has 0 aliphatic carbocycles. The highest BCUT2D eigenvalue weighted by Crippen LogP contribution is 2.29. The van der Waals surface area contributed by atoms with Gasteiger partial charge in [-0.15, -0.1) is 5.01 Å². The van der Waals surface area contributed by atoms with Crippen LogP contribution in [0.15, 0.2) is 54.6 Å². The molecule has 1 unspecified atom stereocenters. The zero-order valence-electron chi connectivity index (χ0n) is 15.3. The first kappa shape index (κ1) is 19.8. The van der Waals surface area contributed by atoms with Gasteiger partial charge in [0.1, 0.15) is 0 Å². The zero-order valence-corrected chi connectivity index (χ0v) is 16.2. The lowest BCUT2D eigenvalue weighted by Crippen LogP contribution is -2.40. The van der Waals surface area contributed by atoms with Gasteiger partial charge in [-0.2, -0.15) is 0 Å². The first-order valence-electron chi connectivity index (χ1n) is 9.16. The molecule has 0 saturated carbocycles. The van der Waals surface area contributed by atoms with Crippen LogP contribution in [-0.4, -0.2) is 34.2 Å². The second-order valence-electron chi connectivity index (χ2n) is 6.69. The van der Waals surface area contributed by atoms with Crippen molar-refractivity contribution in [2.24, 2.45) is 0 Å². The Balaban J connectivity index is 1.61. The van der Waals surface area contributed by atoms with Gasteiger partial charge in [-0.25, -0.2) is 10.1 Å². The van der Waals surface area contributed by atoms with E-state index in [9.17, 15) is 14.9 Å². The fourth-order valence-electron chi connectivity index (χ4n) is 3.44. The quantitative estimate of drug-likeness (QED) is 0.458. The number of hydrogen-bond donors (Lipinski definition) is 2. The number of rotatable bonds is 5. The molecule has 0 aromatic heterocycles. The highest BCUT2D eigenvalue weighted by Gasteiger charge is 2.28. The van der Waals surface area contributed by atoms with Gasteiger partial charge in [-0.1, -0.05) is 42.5 Å². The van der Waals surface area contributed by atoms with Gasteiger partial charge < -0.3 is 5.32 Å². The SMILES string of the molecule is O=C(NC(=S)NCc1ccccc1C1CCCN([N+](=O)[O-])C1)c1ccccc1. The third kappa shape index (κ3) is 5.04. The fourth-order valence-corrected chi connectivity index (χ4v) is 3.60. The molecule has 1 heterocycles. The van der Waals surface area contributed by atoms with Gasteiger partial charge >= 0.3 is 0 Å². The average Bonchev–Trinajstić information content (AvgIpc) is 2.73. The van der Waals surface area contributed by atoms with Crippen LogP contribution in [0, 0.1) is 10.1 Å². The number of thiocarbonyl (C=S) groups is 1. The van der Waals surface area contributed by atoms with Crippen molar-refractivity contribution >= 4 is 23.2 Å². The number of amides is 1. The molecule has 1 fully saturated rings. The van der Waals surface area contributed by atoms with Crippen molar-refractivity contribution in [2.75, 3.05) is 13.1 Å². The van der Waals surface area contributed by atoms with Crippen LogP contribution in [0.1, 0.15) is 40.2 Å². The Hall–Kier alpha value is -3.00. The zero-order chi connectivity index (χ0) is 19.9. The molecule has 2 N–H and O–H groups in total. The van der Waals surface area contributed by atoms with Crippen LogP contribution in [-0.2, 0) is 6.54 Å². The minimum Gasteiger partial charge on any atom is -0.358 e. The highest BCUT2D eigenvalue weighted by atomic mass is 32.1. The molecule has 0 spiro atoms. The molecule has 7 nitrogen and oxygen atoms in total. The summed E-state index contributed by atoms with van der Waals surface area (Å²) in [7, 11) is 0. The van der Waals surface area contributed by atoms with Crippen LogP contribution >= 0.6 is 12.2 Å². The van der Waals surface area contributed by atoms with E-state index < -0.39 is 0 Å². The maximum atomic E-state index is 12.2. The Kier molecular flexibility index (Phi) is 6.54. The minimum absolute atomic E-state index is 0.102. The molecule has 8 heteroatoms. The number of nitrogens with one attached hydrogen (secondary N) is 2. The smallest absolute Gasteiger partial charge is 0.257 e. The summed E-state index contributed by atoms with van der Waals surface area (Å²) in [5.74, 6) is -0.162. The largest absolute Gasteiger partial charge is 0.358 e. The standard InChI is InChI=1S/C20H22N4O3S/c25-19(15-7-2-1-3-8-15)22-20(28)21-13-16-9-4-5-11-18(16)17-10-6-12-23(14-17)24(26)27/h1-5,7-9,11,17H,6,10,12-14H2,(H2,21,22,25,28). The van der Waals surface area contributed by atoms with Crippen molar-refractivity contribution in [1.82, 2.24) is 15.6 Å². The first-order chi connectivity index (χ1) is 13.5. The Labute approximate surface area is 168 Å². The number of nitro groups is 1. The lowest BCUT2D eigenvalue weighted by atomic mass is 9.88.